The molecule has 6 fully saturated rings. The fourth-order valence-corrected chi connectivity index (χ4v) is 8.56. The summed E-state index contributed by atoms with van der Waals surface area (Å²) < 4.78 is 24.2. The number of ether oxygens (including phenoxy) is 4. The zero-order valence-corrected chi connectivity index (χ0v) is 30.5. The van der Waals surface area contributed by atoms with E-state index in [1.165, 1.54) is 16.3 Å². The number of nitrogens with one attached hydrogen (secondary N) is 1. The van der Waals surface area contributed by atoms with Crippen LogP contribution in [-0.2, 0) is 29.2 Å². The van der Waals surface area contributed by atoms with Crippen LogP contribution in [0.25, 0.3) is 10.8 Å². The molecule has 0 aromatic heterocycles. The van der Waals surface area contributed by atoms with Gasteiger partial charge in [0, 0.05) is 48.8 Å². The molecule has 0 aliphatic carbocycles. The number of allylic oxidation sites excluding steroid dienone is 4. The third-order valence-electron chi connectivity index (χ3n) is 11.3. The molecule has 0 radical (unpaired) electrons. The Morgan fingerprint density at radius 3 is 2.52 bits per heavy atom. The molecular formula is C40H56N2O10. The predicted octanol–water partition coefficient (Wildman–Crippen LogP) is 2.81. The number of amides is 1. The predicted molar refractivity (Wildman–Crippen MR) is 196 cm³/mol. The van der Waals surface area contributed by atoms with Gasteiger partial charge >= 0.3 is 0 Å². The number of carbonyl (C=O) groups is 1. The third-order valence-corrected chi connectivity index (χ3v) is 11.3. The van der Waals surface area contributed by atoms with Gasteiger partial charge in [0.2, 0.25) is 5.91 Å². The molecule has 2 aromatic rings. The van der Waals surface area contributed by atoms with Crippen LogP contribution in [0, 0.1) is 5.92 Å². The van der Waals surface area contributed by atoms with Crippen molar-refractivity contribution < 1.29 is 49.3 Å². The van der Waals surface area contributed by atoms with Gasteiger partial charge in [-0.25, -0.2) is 0 Å². The van der Waals surface area contributed by atoms with Gasteiger partial charge in [-0.15, -0.1) is 0 Å². The van der Waals surface area contributed by atoms with E-state index in [9.17, 15) is 30.3 Å². The third kappa shape index (κ3) is 7.82. The van der Waals surface area contributed by atoms with Crippen molar-refractivity contribution in [3.05, 3.63) is 65.9 Å². The minimum absolute atomic E-state index is 0.0714. The fraction of sp³-hybridized carbons (Fsp3) is 0.625. The van der Waals surface area contributed by atoms with Gasteiger partial charge in [-0.05, 0) is 54.7 Å². The number of rotatable bonds is 11. The van der Waals surface area contributed by atoms with E-state index in [2.05, 4.69) is 66.5 Å². The molecule has 286 valence electrons. The monoisotopic (exact) mass is 724 g/mol. The van der Waals surface area contributed by atoms with Crippen molar-refractivity contribution >= 4 is 22.4 Å². The van der Waals surface area contributed by atoms with Crippen molar-refractivity contribution in [1.82, 2.24) is 5.32 Å². The average molecular weight is 725 g/mol. The lowest BCUT2D eigenvalue weighted by Gasteiger charge is -2.47. The van der Waals surface area contributed by atoms with Crippen LogP contribution in [0.15, 0.2) is 60.3 Å². The van der Waals surface area contributed by atoms with E-state index in [-0.39, 0.29) is 24.5 Å². The molecule has 0 saturated carbocycles. The summed E-state index contributed by atoms with van der Waals surface area (Å²) in [5, 5.41) is 58.7. The first-order valence-corrected chi connectivity index (χ1v) is 18.8. The van der Waals surface area contributed by atoms with Crippen molar-refractivity contribution in [2.45, 2.75) is 120 Å². The smallest absolute Gasteiger partial charge is 0.221 e. The van der Waals surface area contributed by atoms with E-state index in [4.69, 9.17) is 18.9 Å². The molecule has 0 spiro atoms. The van der Waals surface area contributed by atoms with E-state index in [0.29, 0.717) is 51.6 Å². The largest absolute Gasteiger partial charge is 0.394 e. The summed E-state index contributed by atoms with van der Waals surface area (Å²) in [5.41, 5.74) is 3.28. The molecule has 6 saturated heterocycles. The summed E-state index contributed by atoms with van der Waals surface area (Å²) in [6.45, 7) is 6.79. The molecule has 10 atom stereocenters. The maximum atomic E-state index is 13.1. The Hall–Kier alpha value is -2.91. The Morgan fingerprint density at radius 1 is 0.981 bits per heavy atom. The second-order valence-electron chi connectivity index (χ2n) is 15.0. The summed E-state index contributed by atoms with van der Waals surface area (Å²) in [5.74, 6) is -0.548. The number of nitrogens with zero attached hydrogens (tertiary/aromatic N) is 1. The van der Waals surface area contributed by atoms with Crippen molar-refractivity contribution in [2.24, 2.45) is 5.92 Å². The normalized spacial score (nSPS) is 34.0. The molecule has 52 heavy (non-hydrogen) atoms. The number of anilines is 1. The lowest BCUT2D eigenvalue weighted by atomic mass is 9.81. The number of fused-ring (bicyclic) bond motifs is 3. The zero-order chi connectivity index (χ0) is 37.0. The minimum Gasteiger partial charge on any atom is -0.394 e. The van der Waals surface area contributed by atoms with Crippen LogP contribution in [0.2, 0.25) is 0 Å². The second kappa shape index (κ2) is 17.0. The molecular weight excluding hydrogens is 668 g/mol. The summed E-state index contributed by atoms with van der Waals surface area (Å²) >= 11 is 0. The number of carbonyl (C=O) groups excluding carboxylic acids is 1. The highest BCUT2D eigenvalue weighted by Gasteiger charge is 2.51. The van der Waals surface area contributed by atoms with Crippen molar-refractivity contribution in [3.63, 3.8) is 0 Å². The molecule has 12 nitrogen and oxygen atoms in total. The standard InChI is InChI=1S/C40H56N2O10/c1-4-5-15-31-40(2,3)33-25-12-7-6-11-24(25)16-17-27(33)42(31)20-18-32(45)41-19-10-21-49-37-28-14-9-8-13-26-29(22-43)51-39(35(47)34(26)46)52-38(36(37)48)30(23-44)50-28/h4-7,11-12,15-17,26,28-30,34-39,43-44,46-48H,8-10,13-14,18-23H2,1-3H3,(H,41,45)/b5-4+,31-15+/t26-,28-,29-,30-,34+,35-,36-,37+,38-,39?/m1/s1. The fourth-order valence-electron chi connectivity index (χ4n) is 8.56. The molecule has 4 bridgehead atoms. The van der Waals surface area contributed by atoms with E-state index in [1.54, 1.807) is 0 Å². The van der Waals surface area contributed by atoms with Crippen LogP contribution >= 0.6 is 0 Å². The Morgan fingerprint density at radius 2 is 1.75 bits per heavy atom. The number of aliphatic hydroxyl groups is 5. The van der Waals surface area contributed by atoms with Gasteiger partial charge in [0.25, 0.3) is 0 Å². The van der Waals surface area contributed by atoms with Gasteiger partial charge in [-0.2, -0.15) is 0 Å². The van der Waals surface area contributed by atoms with Crippen LogP contribution in [0.3, 0.4) is 0 Å². The Kier molecular flexibility index (Phi) is 12.7. The van der Waals surface area contributed by atoms with Crippen LogP contribution in [0.4, 0.5) is 5.69 Å². The van der Waals surface area contributed by atoms with Crippen molar-refractivity contribution in [2.75, 3.05) is 37.8 Å². The SMILES string of the molecule is C/C=C/C=C1/N(CCC(=O)NCCCO[C@@H]2[C@@H](O)[C@@H]3OC4O[C@H](CO)[C@@H](CCCC[C@H]2O[C@@H]3CO)[C@H](O)[C@H]4O)c2ccc3ccccc3c2C1(C)C. The van der Waals surface area contributed by atoms with Crippen LogP contribution < -0.4 is 10.2 Å². The van der Waals surface area contributed by atoms with Crippen molar-refractivity contribution in [1.29, 1.82) is 0 Å². The van der Waals surface area contributed by atoms with Crippen molar-refractivity contribution in [3.8, 4) is 0 Å². The van der Waals surface area contributed by atoms with Crippen LogP contribution in [0.5, 0.6) is 0 Å². The topological polar surface area (TPSA) is 170 Å². The van der Waals surface area contributed by atoms with Gasteiger partial charge in [-0.3, -0.25) is 4.79 Å². The molecule has 9 rings (SSSR count). The quantitative estimate of drug-likeness (QED) is 0.189. The van der Waals surface area contributed by atoms with Crippen LogP contribution in [0.1, 0.15) is 64.9 Å². The molecule has 1 amide bonds. The Labute approximate surface area is 306 Å². The number of hydrogen-bond acceptors (Lipinski definition) is 11. The van der Waals surface area contributed by atoms with Gasteiger partial charge < -0.3 is 54.7 Å². The summed E-state index contributed by atoms with van der Waals surface area (Å²) in [6.07, 6.45) is 0.0542. The first-order chi connectivity index (χ1) is 25.1. The van der Waals surface area contributed by atoms with Gasteiger partial charge in [-0.1, -0.05) is 69.2 Å². The highest BCUT2D eigenvalue weighted by atomic mass is 16.7. The van der Waals surface area contributed by atoms with E-state index < -0.39 is 67.6 Å². The zero-order valence-electron chi connectivity index (χ0n) is 30.5. The van der Waals surface area contributed by atoms with Gasteiger partial charge in [0.05, 0.1) is 31.5 Å². The molecule has 7 aliphatic heterocycles. The summed E-state index contributed by atoms with van der Waals surface area (Å²) in [7, 11) is 0. The molecule has 12 heteroatoms. The van der Waals surface area contributed by atoms with Gasteiger partial charge in [0.15, 0.2) is 6.29 Å². The van der Waals surface area contributed by atoms with E-state index in [0.717, 1.165) is 11.4 Å². The number of benzene rings is 2. The average Bonchev–Trinajstić information content (AvgIpc) is 3.38. The molecule has 7 aliphatic rings. The number of hydrogen-bond donors (Lipinski definition) is 6. The number of aliphatic hydroxyl groups excluding tert-OH is 5. The molecule has 6 N–H and O–H groups in total. The maximum absolute atomic E-state index is 13.1. The van der Waals surface area contributed by atoms with E-state index >= 15 is 0 Å². The molecule has 7 heterocycles. The lowest BCUT2D eigenvalue weighted by Crippen LogP contribution is -2.63. The minimum atomic E-state index is -1.41. The first kappa shape index (κ1) is 38.8. The Balaban J connectivity index is 1.05. The van der Waals surface area contributed by atoms with Crippen LogP contribution in [-0.4, -0.2) is 119 Å². The second-order valence-corrected chi connectivity index (χ2v) is 15.0. The van der Waals surface area contributed by atoms with Gasteiger partial charge in [0.1, 0.15) is 30.5 Å². The lowest BCUT2D eigenvalue weighted by molar-refractivity contribution is -0.338. The summed E-state index contributed by atoms with van der Waals surface area (Å²) in [6, 6.07) is 12.7. The Bertz CT molecular complexity index is 1580. The maximum Gasteiger partial charge on any atom is 0.221 e. The molecule has 1 unspecified atom stereocenters. The molecule has 2 aromatic carbocycles. The summed E-state index contributed by atoms with van der Waals surface area (Å²) in [4.78, 5) is 15.4. The highest BCUT2D eigenvalue weighted by Crippen LogP contribution is 2.50. The highest BCUT2D eigenvalue weighted by molar-refractivity contribution is 5.95. The first-order valence-electron chi connectivity index (χ1n) is 18.8. The van der Waals surface area contributed by atoms with E-state index in [1.807, 2.05) is 19.1 Å².